The van der Waals surface area contributed by atoms with Crippen LogP contribution in [0.1, 0.15) is 42.8 Å². The highest BCUT2D eigenvalue weighted by atomic mass is 32.1. The molecule has 0 aliphatic rings. The van der Waals surface area contributed by atoms with Crippen LogP contribution in [-0.2, 0) is 6.54 Å². The molecule has 2 aromatic heterocycles. The van der Waals surface area contributed by atoms with E-state index in [9.17, 15) is 9.59 Å². The van der Waals surface area contributed by atoms with Crippen LogP contribution in [0.3, 0.4) is 0 Å². The first kappa shape index (κ1) is 18.4. The smallest absolute Gasteiger partial charge is 0.315 e. The van der Waals surface area contributed by atoms with Gasteiger partial charge < -0.3 is 8.98 Å². The lowest BCUT2D eigenvalue weighted by atomic mass is 10.0. The molecule has 142 valence electrons. The molecule has 4 aromatic rings. The van der Waals surface area contributed by atoms with Gasteiger partial charge in [0.1, 0.15) is 5.58 Å². The molecule has 0 bridgehead atoms. The molecule has 1 amide bonds. The van der Waals surface area contributed by atoms with Gasteiger partial charge in [-0.2, -0.15) is 4.99 Å². The average Bonchev–Trinajstić information content (AvgIpc) is 3.03. The number of hydrogen-bond acceptors (Lipinski definition) is 4. The quantitative estimate of drug-likeness (QED) is 0.508. The largest absolute Gasteiger partial charge is 0.451 e. The van der Waals surface area contributed by atoms with Gasteiger partial charge in [0, 0.05) is 12.6 Å². The minimum absolute atomic E-state index is 0.0494. The predicted octanol–water partition coefficient (Wildman–Crippen LogP) is 4.69. The summed E-state index contributed by atoms with van der Waals surface area (Å²) in [6, 6.07) is 14.4. The second-order valence-corrected chi connectivity index (χ2v) is 7.91. The molecule has 4 rings (SSSR count). The van der Waals surface area contributed by atoms with E-state index >= 15 is 0 Å². The number of nitrogens with zero attached hydrogens (tertiary/aromatic N) is 2. The minimum Gasteiger partial charge on any atom is -0.451 e. The van der Waals surface area contributed by atoms with Crippen LogP contribution in [0.15, 0.2) is 62.7 Å². The zero-order valence-corrected chi connectivity index (χ0v) is 16.7. The Morgan fingerprint density at radius 1 is 1.18 bits per heavy atom. The number of hydrogen-bond donors (Lipinski definition) is 0. The van der Waals surface area contributed by atoms with Gasteiger partial charge in [-0.15, -0.1) is 0 Å². The zero-order valence-electron chi connectivity index (χ0n) is 15.9. The number of amides is 1. The lowest BCUT2D eigenvalue weighted by Crippen LogP contribution is -2.16. The van der Waals surface area contributed by atoms with Gasteiger partial charge >= 0.3 is 5.91 Å². The summed E-state index contributed by atoms with van der Waals surface area (Å²) in [7, 11) is 0. The number of rotatable bonds is 3. The van der Waals surface area contributed by atoms with Crippen molar-refractivity contribution in [2.75, 3.05) is 0 Å². The van der Waals surface area contributed by atoms with Gasteiger partial charge in [0.05, 0.1) is 15.6 Å². The standard InChI is InChI=1S/C22H20N2O3S/c1-4-24-16-10-9-14(13(2)3)11-20(16)28-22(24)23-21(26)19-12-17(25)15-7-5-6-8-18(15)27-19/h5-13H,4H2,1-3H3. The molecule has 5 nitrogen and oxygen atoms in total. The van der Waals surface area contributed by atoms with E-state index in [0.29, 0.717) is 28.2 Å². The first-order valence-corrected chi connectivity index (χ1v) is 10.0. The second kappa shape index (κ2) is 7.20. The van der Waals surface area contributed by atoms with Crippen LogP contribution < -0.4 is 10.2 Å². The van der Waals surface area contributed by atoms with Crippen molar-refractivity contribution in [3.8, 4) is 0 Å². The molecule has 0 N–H and O–H groups in total. The van der Waals surface area contributed by atoms with Crippen LogP contribution >= 0.6 is 11.3 Å². The third-order valence-electron chi connectivity index (χ3n) is 4.73. The molecule has 0 radical (unpaired) electrons. The number of fused-ring (bicyclic) bond motifs is 2. The lowest BCUT2D eigenvalue weighted by molar-refractivity contribution is 0.0972. The first-order valence-electron chi connectivity index (χ1n) is 9.23. The van der Waals surface area contributed by atoms with Crippen molar-refractivity contribution in [1.29, 1.82) is 0 Å². The number of carbonyl (C=O) groups is 1. The highest BCUT2D eigenvalue weighted by molar-refractivity contribution is 7.16. The Bertz CT molecular complexity index is 1330. The van der Waals surface area contributed by atoms with Crippen LogP contribution in [0.25, 0.3) is 21.2 Å². The Morgan fingerprint density at radius 3 is 2.71 bits per heavy atom. The zero-order chi connectivity index (χ0) is 19.8. The fourth-order valence-electron chi connectivity index (χ4n) is 3.19. The molecular formula is C22H20N2O3S. The van der Waals surface area contributed by atoms with Gasteiger partial charge in [-0.3, -0.25) is 9.59 Å². The van der Waals surface area contributed by atoms with E-state index in [1.807, 2.05) is 11.5 Å². The number of aromatic nitrogens is 1. The molecule has 2 aromatic carbocycles. The predicted molar refractivity (Wildman–Crippen MR) is 112 cm³/mol. The molecule has 6 heteroatoms. The summed E-state index contributed by atoms with van der Waals surface area (Å²) in [5, 5.41) is 0.450. The Labute approximate surface area is 165 Å². The lowest BCUT2D eigenvalue weighted by Gasteiger charge is -2.05. The van der Waals surface area contributed by atoms with Crippen LogP contribution in [-0.4, -0.2) is 10.5 Å². The Hall–Kier alpha value is -2.99. The topological polar surface area (TPSA) is 64.6 Å². The van der Waals surface area contributed by atoms with E-state index in [1.54, 1.807) is 24.3 Å². The normalized spacial score (nSPS) is 12.4. The summed E-state index contributed by atoms with van der Waals surface area (Å²) in [5.74, 6) is -0.178. The summed E-state index contributed by atoms with van der Waals surface area (Å²) in [4.78, 5) is 29.9. The fourth-order valence-corrected chi connectivity index (χ4v) is 4.33. The van der Waals surface area contributed by atoms with Crippen molar-refractivity contribution in [3.63, 3.8) is 0 Å². The van der Waals surface area contributed by atoms with Gasteiger partial charge in [-0.25, -0.2) is 0 Å². The van der Waals surface area contributed by atoms with Crippen molar-refractivity contribution in [1.82, 2.24) is 4.57 Å². The molecule has 0 saturated heterocycles. The van der Waals surface area contributed by atoms with Gasteiger partial charge in [-0.05, 0) is 42.7 Å². The SMILES string of the molecule is CCn1c(=NC(=O)c2cc(=O)c3ccccc3o2)sc2cc(C(C)C)ccc21. The van der Waals surface area contributed by atoms with E-state index in [4.69, 9.17) is 4.42 Å². The minimum atomic E-state index is -0.555. The maximum atomic E-state index is 12.7. The molecule has 0 unspecified atom stereocenters. The van der Waals surface area contributed by atoms with E-state index in [2.05, 4.69) is 37.0 Å². The van der Waals surface area contributed by atoms with Crippen molar-refractivity contribution in [3.05, 3.63) is 74.9 Å². The molecule has 0 aliphatic carbocycles. The number of benzene rings is 2. The van der Waals surface area contributed by atoms with Crippen molar-refractivity contribution in [2.45, 2.75) is 33.2 Å². The number of para-hydroxylation sites is 1. The number of carbonyl (C=O) groups excluding carboxylic acids is 1. The van der Waals surface area contributed by atoms with E-state index < -0.39 is 5.91 Å². The summed E-state index contributed by atoms with van der Waals surface area (Å²) in [6.45, 7) is 7.01. The number of aryl methyl sites for hydroxylation is 1. The highest BCUT2D eigenvalue weighted by Crippen LogP contribution is 2.23. The van der Waals surface area contributed by atoms with E-state index in [0.717, 1.165) is 10.2 Å². The summed E-state index contributed by atoms with van der Waals surface area (Å²) in [5.41, 5.74) is 2.43. The molecule has 0 saturated carbocycles. The molecule has 0 fully saturated rings. The maximum Gasteiger partial charge on any atom is 0.315 e. The molecular weight excluding hydrogens is 372 g/mol. The average molecular weight is 392 g/mol. The summed E-state index contributed by atoms with van der Waals surface area (Å²) >= 11 is 1.47. The molecule has 2 heterocycles. The summed E-state index contributed by atoms with van der Waals surface area (Å²) in [6.07, 6.45) is 0. The number of thiazole rings is 1. The first-order chi connectivity index (χ1) is 13.5. The second-order valence-electron chi connectivity index (χ2n) is 6.90. The van der Waals surface area contributed by atoms with E-state index in [-0.39, 0.29) is 11.2 Å². The molecule has 0 aliphatic heterocycles. The monoisotopic (exact) mass is 392 g/mol. The van der Waals surface area contributed by atoms with Gasteiger partial charge in [0.25, 0.3) is 0 Å². The van der Waals surface area contributed by atoms with Crippen LogP contribution in [0, 0.1) is 0 Å². The van der Waals surface area contributed by atoms with Crippen LogP contribution in [0.2, 0.25) is 0 Å². The van der Waals surface area contributed by atoms with Crippen LogP contribution in [0.4, 0.5) is 0 Å². The van der Waals surface area contributed by atoms with Crippen molar-refractivity contribution in [2.24, 2.45) is 4.99 Å². The van der Waals surface area contributed by atoms with Gasteiger partial charge in [0.2, 0.25) is 0 Å². The van der Waals surface area contributed by atoms with Crippen molar-refractivity contribution < 1.29 is 9.21 Å². The highest BCUT2D eigenvalue weighted by Gasteiger charge is 2.13. The summed E-state index contributed by atoms with van der Waals surface area (Å²) < 4.78 is 8.71. The Balaban J connectivity index is 1.85. The molecule has 0 spiro atoms. The fraction of sp³-hybridized carbons (Fsp3) is 0.227. The third-order valence-corrected chi connectivity index (χ3v) is 5.77. The third kappa shape index (κ3) is 3.20. The van der Waals surface area contributed by atoms with Gasteiger partial charge in [0.15, 0.2) is 16.0 Å². The Kier molecular flexibility index (Phi) is 4.73. The van der Waals surface area contributed by atoms with Crippen molar-refractivity contribution >= 4 is 38.4 Å². The molecule has 0 atom stereocenters. The van der Waals surface area contributed by atoms with Gasteiger partial charge in [-0.1, -0.05) is 43.4 Å². The van der Waals surface area contributed by atoms with E-state index in [1.165, 1.54) is 23.0 Å². The van der Waals surface area contributed by atoms with Crippen LogP contribution in [0.5, 0.6) is 0 Å². The molecule has 28 heavy (non-hydrogen) atoms. The maximum absolute atomic E-state index is 12.7. The Morgan fingerprint density at radius 2 is 1.96 bits per heavy atom.